The Morgan fingerprint density at radius 3 is 2.90 bits per heavy atom. The Kier molecular flexibility index (Phi) is 5.89. The lowest BCUT2D eigenvalue weighted by molar-refractivity contribution is 0.343. The molecule has 4 heteroatoms. The second kappa shape index (κ2) is 7.67. The van der Waals surface area contributed by atoms with Crippen LogP contribution in [-0.4, -0.2) is 30.0 Å². The normalized spacial score (nSPS) is 23.6. The number of aryl methyl sites for hydroxylation is 1. The predicted molar refractivity (Wildman–Crippen MR) is 82.2 cm³/mol. The molecule has 1 heterocycles. The van der Waals surface area contributed by atoms with E-state index in [9.17, 15) is 0 Å². The van der Waals surface area contributed by atoms with E-state index in [1.165, 1.54) is 44.2 Å². The van der Waals surface area contributed by atoms with Gasteiger partial charge in [-0.2, -0.15) is 5.10 Å². The fourth-order valence-electron chi connectivity index (χ4n) is 3.46. The maximum Gasteiger partial charge on any atom is 0.160 e. The van der Waals surface area contributed by atoms with Crippen molar-refractivity contribution in [1.82, 2.24) is 15.1 Å². The zero-order chi connectivity index (χ0) is 14.4. The third-order valence-corrected chi connectivity index (χ3v) is 4.51. The highest BCUT2D eigenvalue weighted by molar-refractivity contribution is 5.29. The minimum absolute atomic E-state index is 0.573. The van der Waals surface area contributed by atoms with Crippen LogP contribution in [0.2, 0.25) is 0 Å². The molecule has 4 nitrogen and oxygen atoms in total. The van der Waals surface area contributed by atoms with Gasteiger partial charge in [-0.3, -0.25) is 4.68 Å². The first-order valence-electron chi connectivity index (χ1n) is 8.04. The summed E-state index contributed by atoms with van der Waals surface area (Å²) in [4.78, 5) is 0. The summed E-state index contributed by atoms with van der Waals surface area (Å²) >= 11 is 0. The van der Waals surface area contributed by atoms with Crippen LogP contribution in [0.1, 0.15) is 57.1 Å². The van der Waals surface area contributed by atoms with E-state index in [2.05, 4.69) is 17.3 Å². The van der Waals surface area contributed by atoms with Crippen LogP contribution in [-0.2, 0) is 7.05 Å². The van der Waals surface area contributed by atoms with E-state index >= 15 is 0 Å². The van der Waals surface area contributed by atoms with Crippen molar-refractivity contribution in [1.29, 1.82) is 0 Å². The summed E-state index contributed by atoms with van der Waals surface area (Å²) < 4.78 is 7.55. The molecule has 2 rings (SSSR count). The molecule has 1 N–H and O–H groups in total. The van der Waals surface area contributed by atoms with Gasteiger partial charge in [0.05, 0.1) is 19.0 Å². The van der Waals surface area contributed by atoms with Crippen LogP contribution in [0.4, 0.5) is 0 Å². The number of nitrogens with one attached hydrogen (secondary N) is 1. The fraction of sp³-hybridized carbons (Fsp3) is 0.812. The van der Waals surface area contributed by atoms with E-state index in [1.54, 1.807) is 7.11 Å². The molecule has 0 bridgehead atoms. The maximum atomic E-state index is 5.53. The molecule has 0 aliphatic heterocycles. The summed E-state index contributed by atoms with van der Waals surface area (Å²) in [6.45, 7) is 4.46. The highest BCUT2D eigenvalue weighted by atomic mass is 16.5. The van der Waals surface area contributed by atoms with Crippen LogP contribution >= 0.6 is 0 Å². The Morgan fingerprint density at radius 1 is 1.35 bits per heavy atom. The zero-order valence-electron chi connectivity index (χ0n) is 13.2. The zero-order valence-corrected chi connectivity index (χ0v) is 13.2. The van der Waals surface area contributed by atoms with Gasteiger partial charge in [0.25, 0.3) is 0 Å². The van der Waals surface area contributed by atoms with Crippen LogP contribution in [0.3, 0.4) is 0 Å². The Hall–Kier alpha value is -1.03. The monoisotopic (exact) mass is 279 g/mol. The van der Waals surface area contributed by atoms with Crippen molar-refractivity contribution in [3.05, 3.63) is 11.9 Å². The number of rotatable bonds is 6. The van der Waals surface area contributed by atoms with Gasteiger partial charge in [-0.25, -0.2) is 0 Å². The molecule has 20 heavy (non-hydrogen) atoms. The van der Waals surface area contributed by atoms with Gasteiger partial charge in [0.2, 0.25) is 0 Å². The van der Waals surface area contributed by atoms with Crippen LogP contribution < -0.4 is 10.1 Å². The van der Waals surface area contributed by atoms with Gasteiger partial charge in [-0.15, -0.1) is 0 Å². The number of hydrogen-bond acceptors (Lipinski definition) is 3. The van der Waals surface area contributed by atoms with Gasteiger partial charge in [0, 0.05) is 13.0 Å². The predicted octanol–water partition coefficient (Wildman–Crippen LogP) is 3.09. The lowest BCUT2D eigenvalue weighted by Gasteiger charge is -2.26. The quantitative estimate of drug-likeness (QED) is 0.642. The minimum atomic E-state index is 0.573. The van der Waals surface area contributed by atoms with E-state index in [4.69, 9.17) is 4.74 Å². The molecule has 2 unspecified atom stereocenters. The van der Waals surface area contributed by atoms with Crippen molar-refractivity contribution < 1.29 is 4.74 Å². The van der Waals surface area contributed by atoms with Gasteiger partial charge >= 0.3 is 0 Å². The molecule has 114 valence electrons. The van der Waals surface area contributed by atoms with Gasteiger partial charge in [0.1, 0.15) is 0 Å². The summed E-state index contributed by atoms with van der Waals surface area (Å²) in [7, 11) is 3.79. The van der Waals surface area contributed by atoms with Gasteiger partial charge < -0.3 is 10.1 Å². The first kappa shape index (κ1) is 15.4. The first-order chi connectivity index (χ1) is 9.77. The summed E-state index contributed by atoms with van der Waals surface area (Å²) in [6, 6.07) is 0. The van der Waals surface area contributed by atoms with E-state index in [0.717, 1.165) is 18.8 Å². The molecule has 2 atom stereocenters. The van der Waals surface area contributed by atoms with E-state index in [0.29, 0.717) is 11.8 Å². The van der Waals surface area contributed by atoms with Crippen molar-refractivity contribution >= 4 is 0 Å². The number of nitrogens with zero attached hydrogens (tertiary/aromatic N) is 2. The molecule has 0 amide bonds. The average Bonchev–Trinajstić information content (AvgIpc) is 2.68. The highest BCUT2D eigenvalue weighted by Crippen LogP contribution is 2.39. The van der Waals surface area contributed by atoms with Crippen molar-refractivity contribution in [3.63, 3.8) is 0 Å². The van der Waals surface area contributed by atoms with Crippen molar-refractivity contribution in [2.24, 2.45) is 13.0 Å². The molecule has 1 fully saturated rings. The van der Waals surface area contributed by atoms with Crippen LogP contribution in [0.15, 0.2) is 6.20 Å². The lowest BCUT2D eigenvalue weighted by atomic mass is 9.85. The molecule has 0 radical (unpaired) electrons. The Balaban J connectivity index is 2.16. The second-order valence-corrected chi connectivity index (χ2v) is 5.93. The van der Waals surface area contributed by atoms with Crippen LogP contribution in [0, 0.1) is 5.92 Å². The molecular weight excluding hydrogens is 250 g/mol. The molecule has 1 saturated carbocycles. The SMILES string of the molecule is CCCNCC1CCCCCC1c1c(OC)cnn1C. The summed E-state index contributed by atoms with van der Waals surface area (Å²) in [5, 5.41) is 8.01. The molecule has 0 saturated heterocycles. The van der Waals surface area contributed by atoms with Gasteiger partial charge in [-0.05, 0) is 38.3 Å². The second-order valence-electron chi connectivity index (χ2n) is 5.93. The van der Waals surface area contributed by atoms with E-state index in [1.807, 2.05) is 17.9 Å². The first-order valence-corrected chi connectivity index (χ1v) is 8.04. The minimum Gasteiger partial charge on any atom is -0.493 e. The van der Waals surface area contributed by atoms with Crippen LogP contribution in [0.5, 0.6) is 5.75 Å². The summed E-state index contributed by atoms with van der Waals surface area (Å²) in [5.41, 5.74) is 1.29. The molecule has 1 aromatic rings. The molecule has 1 aliphatic carbocycles. The lowest BCUT2D eigenvalue weighted by Crippen LogP contribution is -2.28. The Labute approximate surface area is 122 Å². The van der Waals surface area contributed by atoms with Crippen LogP contribution in [0.25, 0.3) is 0 Å². The average molecular weight is 279 g/mol. The number of hydrogen-bond donors (Lipinski definition) is 1. The number of ether oxygens (including phenoxy) is 1. The molecule has 0 aromatic carbocycles. The fourth-order valence-corrected chi connectivity index (χ4v) is 3.46. The third-order valence-electron chi connectivity index (χ3n) is 4.51. The topological polar surface area (TPSA) is 39.1 Å². The number of aromatic nitrogens is 2. The Morgan fingerprint density at radius 2 is 2.15 bits per heavy atom. The summed E-state index contributed by atoms with van der Waals surface area (Å²) in [6.07, 6.45) is 9.67. The highest BCUT2D eigenvalue weighted by Gasteiger charge is 2.29. The third kappa shape index (κ3) is 3.54. The van der Waals surface area contributed by atoms with E-state index < -0.39 is 0 Å². The smallest absolute Gasteiger partial charge is 0.160 e. The summed E-state index contributed by atoms with van der Waals surface area (Å²) in [5.74, 6) is 2.23. The maximum absolute atomic E-state index is 5.53. The van der Waals surface area contributed by atoms with E-state index in [-0.39, 0.29) is 0 Å². The molecule has 0 spiro atoms. The Bertz CT molecular complexity index is 402. The molecule has 1 aliphatic rings. The largest absolute Gasteiger partial charge is 0.493 e. The van der Waals surface area contributed by atoms with Gasteiger partial charge in [-0.1, -0.05) is 26.2 Å². The van der Waals surface area contributed by atoms with Crippen molar-refractivity contribution in [2.75, 3.05) is 20.2 Å². The molecule has 1 aromatic heterocycles. The van der Waals surface area contributed by atoms with Crippen molar-refractivity contribution in [2.45, 2.75) is 51.4 Å². The molecular formula is C16H29N3O. The number of methoxy groups -OCH3 is 1. The van der Waals surface area contributed by atoms with Crippen molar-refractivity contribution in [3.8, 4) is 5.75 Å². The van der Waals surface area contributed by atoms with Gasteiger partial charge in [0.15, 0.2) is 5.75 Å². The standard InChI is InChI=1S/C16H29N3O/c1-4-10-17-11-13-8-6-5-7-9-14(13)16-15(20-3)12-18-19(16)2/h12-14,17H,4-11H2,1-3H3.